The SMILES string of the molecule is O=C(O)C1CC1C(=O)Nc1ccc(Cl)c(OC(F)F)c1. The molecule has 8 heteroatoms. The summed E-state index contributed by atoms with van der Waals surface area (Å²) >= 11 is 5.67. The highest BCUT2D eigenvalue weighted by Gasteiger charge is 2.48. The third-order valence-corrected chi connectivity index (χ3v) is 3.17. The van der Waals surface area contributed by atoms with E-state index >= 15 is 0 Å². The van der Waals surface area contributed by atoms with E-state index < -0.39 is 30.3 Å². The van der Waals surface area contributed by atoms with Crippen molar-refractivity contribution >= 4 is 29.2 Å². The molecule has 2 rings (SSSR count). The molecule has 0 heterocycles. The number of amides is 1. The predicted octanol–water partition coefficient (Wildman–Crippen LogP) is 2.60. The van der Waals surface area contributed by atoms with Crippen molar-refractivity contribution in [3.8, 4) is 5.75 Å². The Kier molecular flexibility index (Phi) is 4.08. The van der Waals surface area contributed by atoms with Crippen LogP contribution in [0.5, 0.6) is 5.75 Å². The van der Waals surface area contributed by atoms with E-state index in [0.29, 0.717) is 0 Å². The van der Waals surface area contributed by atoms with Crippen molar-refractivity contribution in [2.75, 3.05) is 5.32 Å². The van der Waals surface area contributed by atoms with Crippen LogP contribution in [0.1, 0.15) is 6.42 Å². The zero-order valence-electron chi connectivity index (χ0n) is 9.98. The molecule has 108 valence electrons. The van der Waals surface area contributed by atoms with E-state index in [1.54, 1.807) is 0 Å². The summed E-state index contributed by atoms with van der Waals surface area (Å²) in [5, 5.41) is 11.1. The molecule has 1 aliphatic carbocycles. The molecule has 1 saturated carbocycles. The number of carbonyl (C=O) groups is 2. The van der Waals surface area contributed by atoms with Crippen molar-refractivity contribution in [1.29, 1.82) is 0 Å². The van der Waals surface area contributed by atoms with Crippen molar-refractivity contribution in [3.63, 3.8) is 0 Å². The number of hydrogen-bond acceptors (Lipinski definition) is 3. The van der Waals surface area contributed by atoms with Gasteiger partial charge in [-0.15, -0.1) is 0 Å². The molecule has 2 unspecified atom stereocenters. The molecule has 5 nitrogen and oxygen atoms in total. The van der Waals surface area contributed by atoms with Crippen LogP contribution in [0.4, 0.5) is 14.5 Å². The van der Waals surface area contributed by atoms with Crippen LogP contribution in [0.25, 0.3) is 0 Å². The molecule has 2 atom stereocenters. The van der Waals surface area contributed by atoms with E-state index in [9.17, 15) is 18.4 Å². The van der Waals surface area contributed by atoms with Gasteiger partial charge >= 0.3 is 12.6 Å². The van der Waals surface area contributed by atoms with Crippen molar-refractivity contribution in [1.82, 2.24) is 0 Å². The van der Waals surface area contributed by atoms with Gasteiger partial charge in [0.15, 0.2) is 0 Å². The minimum absolute atomic E-state index is 0.0156. The average molecular weight is 306 g/mol. The van der Waals surface area contributed by atoms with Gasteiger partial charge in [-0.1, -0.05) is 11.6 Å². The Morgan fingerprint density at radius 3 is 2.65 bits per heavy atom. The Labute approximate surface area is 117 Å². The van der Waals surface area contributed by atoms with Gasteiger partial charge in [0.05, 0.1) is 16.9 Å². The second kappa shape index (κ2) is 5.62. The summed E-state index contributed by atoms with van der Waals surface area (Å²) in [5.74, 6) is -3.03. The van der Waals surface area contributed by atoms with Crippen LogP contribution < -0.4 is 10.1 Å². The summed E-state index contributed by atoms with van der Waals surface area (Å²) in [5.41, 5.74) is 0.214. The maximum absolute atomic E-state index is 12.1. The summed E-state index contributed by atoms with van der Waals surface area (Å²) < 4.78 is 28.5. The van der Waals surface area contributed by atoms with E-state index in [1.807, 2.05) is 0 Å². The molecule has 1 aliphatic rings. The van der Waals surface area contributed by atoms with Gasteiger partial charge in [0, 0.05) is 11.8 Å². The molecule has 0 radical (unpaired) electrons. The van der Waals surface area contributed by atoms with Gasteiger partial charge in [0.1, 0.15) is 5.75 Å². The van der Waals surface area contributed by atoms with E-state index in [0.717, 1.165) is 6.07 Å². The maximum atomic E-state index is 12.1. The number of benzene rings is 1. The number of carboxylic acids is 1. The fraction of sp³-hybridized carbons (Fsp3) is 0.333. The van der Waals surface area contributed by atoms with Crippen LogP contribution in [-0.2, 0) is 9.59 Å². The zero-order chi connectivity index (χ0) is 14.9. The van der Waals surface area contributed by atoms with Crippen LogP contribution in [0.2, 0.25) is 5.02 Å². The zero-order valence-corrected chi connectivity index (χ0v) is 10.7. The van der Waals surface area contributed by atoms with Crippen LogP contribution in [0, 0.1) is 11.8 Å². The molecule has 1 amide bonds. The molecule has 0 saturated heterocycles. The first-order valence-electron chi connectivity index (χ1n) is 5.66. The summed E-state index contributed by atoms with van der Waals surface area (Å²) in [7, 11) is 0. The smallest absolute Gasteiger partial charge is 0.387 e. The van der Waals surface area contributed by atoms with Gasteiger partial charge in [-0.3, -0.25) is 9.59 Å². The Morgan fingerprint density at radius 2 is 2.10 bits per heavy atom. The number of carbonyl (C=O) groups excluding carboxylic acids is 1. The second-order valence-electron chi connectivity index (χ2n) is 4.30. The highest BCUT2D eigenvalue weighted by molar-refractivity contribution is 6.32. The second-order valence-corrected chi connectivity index (χ2v) is 4.71. The number of anilines is 1. The van der Waals surface area contributed by atoms with Crippen LogP contribution >= 0.6 is 11.6 Å². The number of aliphatic carboxylic acids is 1. The number of ether oxygens (including phenoxy) is 1. The third-order valence-electron chi connectivity index (χ3n) is 2.86. The molecule has 0 spiro atoms. The molecule has 1 fully saturated rings. The highest BCUT2D eigenvalue weighted by Crippen LogP contribution is 2.39. The monoisotopic (exact) mass is 305 g/mol. The van der Waals surface area contributed by atoms with E-state index in [2.05, 4.69) is 10.1 Å². The topological polar surface area (TPSA) is 75.6 Å². The van der Waals surface area contributed by atoms with Gasteiger partial charge in [0.2, 0.25) is 5.91 Å². The van der Waals surface area contributed by atoms with Gasteiger partial charge < -0.3 is 15.2 Å². The lowest BCUT2D eigenvalue weighted by molar-refractivity contribution is -0.139. The van der Waals surface area contributed by atoms with Gasteiger partial charge in [0.25, 0.3) is 0 Å². The number of hydrogen-bond donors (Lipinski definition) is 2. The van der Waals surface area contributed by atoms with E-state index in [1.165, 1.54) is 12.1 Å². The first-order valence-corrected chi connectivity index (χ1v) is 6.04. The Bertz CT molecular complexity index is 552. The molecule has 20 heavy (non-hydrogen) atoms. The molecule has 1 aromatic rings. The normalized spacial score (nSPS) is 20.6. The number of rotatable bonds is 5. The number of halogens is 3. The molecule has 2 N–H and O–H groups in total. The lowest BCUT2D eigenvalue weighted by atomic mass is 10.2. The Morgan fingerprint density at radius 1 is 1.40 bits per heavy atom. The summed E-state index contributed by atoms with van der Waals surface area (Å²) in [6.45, 7) is -3.03. The third kappa shape index (κ3) is 3.36. The largest absolute Gasteiger partial charge is 0.481 e. The number of carboxylic acid groups (broad SMARTS) is 1. The average Bonchev–Trinajstić information content (AvgIpc) is 3.13. The van der Waals surface area contributed by atoms with Crippen LogP contribution in [0.3, 0.4) is 0 Å². The van der Waals surface area contributed by atoms with Crippen LogP contribution in [-0.4, -0.2) is 23.6 Å². The number of nitrogens with one attached hydrogen (secondary N) is 1. The molecular weight excluding hydrogens is 296 g/mol. The van der Waals surface area contributed by atoms with Crippen molar-refractivity contribution in [2.24, 2.45) is 11.8 Å². The summed E-state index contributed by atoms with van der Waals surface area (Å²) in [6.07, 6.45) is 0.273. The van der Waals surface area contributed by atoms with E-state index in [-0.39, 0.29) is 22.9 Å². The van der Waals surface area contributed by atoms with Gasteiger partial charge in [-0.05, 0) is 18.6 Å². The van der Waals surface area contributed by atoms with Crippen molar-refractivity contribution in [2.45, 2.75) is 13.0 Å². The minimum Gasteiger partial charge on any atom is -0.481 e. The Hall–Kier alpha value is -1.89. The van der Waals surface area contributed by atoms with Crippen molar-refractivity contribution in [3.05, 3.63) is 23.2 Å². The van der Waals surface area contributed by atoms with Gasteiger partial charge in [-0.2, -0.15) is 8.78 Å². The lowest BCUT2D eigenvalue weighted by Crippen LogP contribution is -2.16. The fourth-order valence-corrected chi connectivity index (χ4v) is 1.92. The highest BCUT2D eigenvalue weighted by atomic mass is 35.5. The lowest BCUT2D eigenvalue weighted by Gasteiger charge is -2.10. The maximum Gasteiger partial charge on any atom is 0.387 e. The van der Waals surface area contributed by atoms with Crippen LogP contribution in [0.15, 0.2) is 18.2 Å². The summed E-state index contributed by atoms with van der Waals surface area (Å²) in [6, 6.07) is 3.87. The predicted molar refractivity (Wildman–Crippen MR) is 65.9 cm³/mol. The quantitative estimate of drug-likeness (QED) is 0.877. The first kappa shape index (κ1) is 14.5. The van der Waals surface area contributed by atoms with E-state index in [4.69, 9.17) is 16.7 Å². The standard InChI is InChI=1S/C12H10ClF2NO4/c13-8-2-1-5(3-9(8)20-12(14)15)16-10(17)6-4-7(6)11(18)19/h1-3,6-7,12H,4H2,(H,16,17)(H,18,19). The minimum atomic E-state index is -3.03. The molecular formula is C12H10ClF2NO4. The van der Waals surface area contributed by atoms with Crippen molar-refractivity contribution < 1.29 is 28.2 Å². The molecule has 0 bridgehead atoms. The molecule has 0 aliphatic heterocycles. The molecule has 1 aromatic carbocycles. The Balaban J connectivity index is 2.03. The molecule has 0 aromatic heterocycles. The fourth-order valence-electron chi connectivity index (χ4n) is 1.76. The first-order chi connectivity index (χ1) is 9.38. The number of alkyl halides is 2. The van der Waals surface area contributed by atoms with Gasteiger partial charge in [-0.25, -0.2) is 0 Å². The summed E-state index contributed by atoms with van der Waals surface area (Å²) in [4.78, 5) is 22.4.